The number of methoxy groups -OCH3 is 2. The van der Waals surface area contributed by atoms with Crippen LogP contribution in [0.15, 0.2) is 52.3 Å². The summed E-state index contributed by atoms with van der Waals surface area (Å²) in [5.74, 6) is -1.19. The average Bonchev–Trinajstić information content (AvgIpc) is 3.43. The van der Waals surface area contributed by atoms with Crippen molar-refractivity contribution in [3.63, 3.8) is 0 Å². The lowest BCUT2D eigenvalue weighted by atomic mass is 9.83. The molecule has 10 nitrogen and oxygen atoms in total. The Kier molecular flexibility index (Phi) is 7.39. The monoisotopic (exact) mass is 595 g/mol. The van der Waals surface area contributed by atoms with E-state index in [9.17, 15) is 19.2 Å². The molecule has 4 heterocycles. The molecule has 2 saturated heterocycles. The van der Waals surface area contributed by atoms with Crippen LogP contribution in [0.25, 0.3) is 0 Å². The molecule has 0 spiro atoms. The van der Waals surface area contributed by atoms with Gasteiger partial charge in [-0.25, -0.2) is 4.90 Å². The number of amides is 3. The molecule has 0 saturated carbocycles. The molecule has 3 aliphatic rings. The van der Waals surface area contributed by atoms with Gasteiger partial charge in [0.25, 0.3) is 0 Å². The molecule has 3 aromatic rings. The van der Waals surface area contributed by atoms with E-state index in [1.54, 1.807) is 36.3 Å². The molecule has 1 aromatic heterocycles. The molecule has 3 aliphatic heterocycles. The van der Waals surface area contributed by atoms with Crippen molar-refractivity contribution in [2.24, 2.45) is 5.92 Å². The standard InChI is InChI=1S/C29H29N3O7S2/c1-16-4-7-18(8-5-16)32-26(34)23-22(17-6-9-19(37-2)20(14-17)38-3)25-28(40-24(23)27(32)35)31(29(36)41-25)15-21(33)30-10-12-39-13-11-30/h4-9,14,22-24H,10-13,15H2,1-3H3/t22-,23+,24-/m0/s1. The van der Waals surface area contributed by atoms with E-state index in [4.69, 9.17) is 14.2 Å². The molecule has 0 aliphatic carbocycles. The molecular formula is C29H29N3O7S2. The van der Waals surface area contributed by atoms with Gasteiger partial charge in [-0.05, 0) is 36.8 Å². The Balaban J connectivity index is 1.46. The van der Waals surface area contributed by atoms with Gasteiger partial charge in [0, 0.05) is 23.9 Å². The Labute approximate surface area is 244 Å². The van der Waals surface area contributed by atoms with Crippen molar-refractivity contribution in [1.29, 1.82) is 0 Å². The Morgan fingerprint density at radius 3 is 2.37 bits per heavy atom. The fourth-order valence-corrected chi connectivity index (χ4v) is 8.43. The number of carbonyl (C=O) groups is 3. The van der Waals surface area contributed by atoms with Crippen LogP contribution in [0, 0.1) is 12.8 Å². The number of aromatic nitrogens is 1. The molecular weight excluding hydrogens is 566 g/mol. The summed E-state index contributed by atoms with van der Waals surface area (Å²) in [7, 11) is 3.07. The van der Waals surface area contributed by atoms with Gasteiger partial charge in [0.05, 0.1) is 44.1 Å². The summed E-state index contributed by atoms with van der Waals surface area (Å²) >= 11 is 2.22. The summed E-state index contributed by atoms with van der Waals surface area (Å²) in [4.78, 5) is 57.8. The summed E-state index contributed by atoms with van der Waals surface area (Å²) in [6.45, 7) is 3.63. The average molecular weight is 596 g/mol. The zero-order valence-electron chi connectivity index (χ0n) is 22.8. The summed E-state index contributed by atoms with van der Waals surface area (Å²) in [6, 6.07) is 12.6. The number of nitrogens with zero attached hydrogens (tertiary/aromatic N) is 3. The lowest BCUT2D eigenvalue weighted by Gasteiger charge is -2.31. The van der Waals surface area contributed by atoms with Crippen molar-refractivity contribution in [2.45, 2.75) is 29.7 Å². The highest BCUT2D eigenvalue weighted by atomic mass is 32.2. The van der Waals surface area contributed by atoms with Crippen LogP contribution in [0.1, 0.15) is 21.9 Å². The maximum absolute atomic E-state index is 14.1. The summed E-state index contributed by atoms with van der Waals surface area (Å²) in [5, 5.41) is -0.220. The number of aryl methyl sites for hydroxylation is 1. The van der Waals surface area contributed by atoms with Crippen LogP contribution < -0.4 is 19.2 Å². The Hall–Kier alpha value is -3.61. The van der Waals surface area contributed by atoms with Crippen LogP contribution in [0.5, 0.6) is 11.5 Å². The third kappa shape index (κ3) is 4.73. The molecule has 41 heavy (non-hydrogen) atoms. The molecule has 0 radical (unpaired) electrons. The zero-order chi connectivity index (χ0) is 28.8. The van der Waals surface area contributed by atoms with Crippen LogP contribution in [0.2, 0.25) is 0 Å². The maximum atomic E-state index is 14.1. The molecule has 0 unspecified atom stereocenters. The van der Waals surface area contributed by atoms with E-state index in [1.807, 2.05) is 25.1 Å². The maximum Gasteiger partial charge on any atom is 0.308 e. The lowest BCUT2D eigenvalue weighted by molar-refractivity contribution is -0.136. The summed E-state index contributed by atoms with van der Waals surface area (Å²) in [5.41, 5.74) is 2.24. The van der Waals surface area contributed by atoms with Gasteiger partial charge in [0.2, 0.25) is 17.7 Å². The van der Waals surface area contributed by atoms with Gasteiger partial charge in [0.15, 0.2) is 11.5 Å². The summed E-state index contributed by atoms with van der Waals surface area (Å²) in [6.07, 6.45) is 0. The first-order chi connectivity index (χ1) is 19.8. The Morgan fingerprint density at radius 2 is 1.68 bits per heavy atom. The normalized spacial score (nSPS) is 22.0. The Bertz CT molecular complexity index is 1580. The number of hydrogen-bond acceptors (Lipinski definition) is 9. The second kappa shape index (κ2) is 11.0. The van der Waals surface area contributed by atoms with E-state index in [0.29, 0.717) is 53.4 Å². The van der Waals surface area contributed by atoms with Crippen molar-refractivity contribution in [3.8, 4) is 11.5 Å². The third-order valence-electron chi connectivity index (χ3n) is 7.77. The first-order valence-electron chi connectivity index (χ1n) is 13.2. The summed E-state index contributed by atoms with van der Waals surface area (Å²) < 4.78 is 17.8. The van der Waals surface area contributed by atoms with Crippen molar-refractivity contribution in [2.75, 3.05) is 45.4 Å². The van der Waals surface area contributed by atoms with Gasteiger partial charge in [-0.2, -0.15) is 0 Å². The number of morpholine rings is 1. The largest absolute Gasteiger partial charge is 0.493 e. The first-order valence-corrected chi connectivity index (χ1v) is 14.9. The highest BCUT2D eigenvalue weighted by Gasteiger charge is 2.57. The van der Waals surface area contributed by atoms with Gasteiger partial charge >= 0.3 is 4.87 Å². The molecule has 214 valence electrons. The number of ether oxygens (including phenoxy) is 3. The molecule has 12 heteroatoms. The van der Waals surface area contributed by atoms with E-state index in [1.165, 1.54) is 28.3 Å². The van der Waals surface area contributed by atoms with Gasteiger partial charge < -0.3 is 19.1 Å². The van der Waals surface area contributed by atoms with Crippen LogP contribution in [0.3, 0.4) is 0 Å². The molecule has 0 bridgehead atoms. The number of thioether (sulfide) groups is 1. The van der Waals surface area contributed by atoms with Gasteiger partial charge in [0.1, 0.15) is 11.8 Å². The Morgan fingerprint density at radius 1 is 0.976 bits per heavy atom. The van der Waals surface area contributed by atoms with Gasteiger partial charge in [-0.1, -0.05) is 46.9 Å². The molecule has 6 rings (SSSR count). The van der Waals surface area contributed by atoms with E-state index >= 15 is 0 Å². The number of rotatable bonds is 6. The molecule has 2 fully saturated rings. The minimum absolute atomic E-state index is 0.141. The SMILES string of the molecule is COc1ccc([C@@H]2c3sc(=O)n(CC(=O)N4CCOCC4)c3S[C@@H]3C(=O)N(c4ccc(C)cc4)C(=O)[C@H]23)cc1OC. The second-order valence-electron chi connectivity index (χ2n) is 10.1. The number of carbonyl (C=O) groups excluding carboxylic acids is 3. The highest BCUT2D eigenvalue weighted by Crippen LogP contribution is 2.54. The topological polar surface area (TPSA) is 107 Å². The zero-order valence-corrected chi connectivity index (χ0v) is 24.5. The van der Waals surface area contributed by atoms with E-state index in [2.05, 4.69) is 0 Å². The number of imide groups is 1. The quantitative estimate of drug-likeness (QED) is 0.401. The van der Waals surface area contributed by atoms with Gasteiger partial charge in [-0.3, -0.25) is 23.7 Å². The van der Waals surface area contributed by atoms with Crippen molar-refractivity contribution in [1.82, 2.24) is 9.47 Å². The minimum Gasteiger partial charge on any atom is -0.493 e. The van der Waals surface area contributed by atoms with E-state index in [0.717, 1.165) is 22.5 Å². The van der Waals surface area contributed by atoms with Crippen LogP contribution in [-0.4, -0.2) is 73.0 Å². The highest BCUT2D eigenvalue weighted by molar-refractivity contribution is 8.00. The predicted molar refractivity (Wildman–Crippen MR) is 154 cm³/mol. The van der Waals surface area contributed by atoms with Gasteiger partial charge in [-0.15, -0.1) is 0 Å². The van der Waals surface area contributed by atoms with Crippen LogP contribution in [-0.2, 0) is 25.7 Å². The van der Waals surface area contributed by atoms with Crippen molar-refractivity contribution < 1.29 is 28.6 Å². The minimum atomic E-state index is -0.770. The predicted octanol–water partition coefficient (Wildman–Crippen LogP) is 2.89. The molecule has 2 aromatic carbocycles. The van der Waals surface area contributed by atoms with Crippen LogP contribution >= 0.6 is 23.1 Å². The van der Waals surface area contributed by atoms with Crippen molar-refractivity contribution in [3.05, 3.63) is 68.1 Å². The lowest BCUT2D eigenvalue weighted by Crippen LogP contribution is -2.43. The number of hydrogen-bond donors (Lipinski definition) is 0. The number of fused-ring (bicyclic) bond motifs is 2. The molecule has 3 atom stereocenters. The number of benzene rings is 2. The van der Waals surface area contributed by atoms with Crippen molar-refractivity contribution >= 4 is 46.5 Å². The second-order valence-corrected chi connectivity index (χ2v) is 12.2. The molecule has 0 N–H and O–H groups in total. The van der Waals surface area contributed by atoms with E-state index < -0.39 is 17.1 Å². The molecule has 3 amide bonds. The number of anilines is 1. The first kappa shape index (κ1) is 27.6. The fraction of sp³-hybridized carbons (Fsp3) is 0.379. The van der Waals surface area contributed by atoms with E-state index in [-0.39, 0.29) is 29.1 Å². The third-order valence-corrected chi connectivity index (χ3v) is 10.4. The smallest absolute Gasteiger partial charge is 0.308 e. The van der Waals surface area contributed by atoms with Crippen LogP contribution in [0.4, 0.5) is 5.69 Å². The fourth-order valence-electron chi connectivity index (χ4n) is 5.66. The number of thiazole rings is 1.